The van der Waals surface area contributed by atoms with Gasteiger partial charge in [0, 0.05) is 11.6 Å². The van der Waals surface area contributed by atoms with Gasteiger partial charge in [-0.3, -0.25) is 9.59 Å². The van der Waals surface area contributed by atoms with Gasteiger partial charge < -0.3 is 15.4 Å². The summed E-state index contributed by atoms with van der Waals surface area (Å²) in [6, 6.07) is 6.53. The van der Waals surface area contributed by atoms with Crippen molar-refractivity contribution < 1.29 is 19.1 Å². The standard InChI is InChI=1S/C21H30N2O4/c1-13(2)18(23-20(25)17-12-8-5-9-14(17)3)21(26)27-15(4)19(24)22-16-10-6-7-11-16/h5,8-9,12-13,15-16,18H,6-7,10-11H2,1-4H3,(H,22,24)(H,23,25)/t15-,18+/m0/s1. The van der Waals surface area contributed by atoms with E-state index in [2.05, 4.69) is 10.6 Å². The summed E-state index contributed by atoms with van der Waals surface area (Å²) in [5.74, 6) is -1.38. The van der Waals surface area contributed by atoms with Gasteiger partial charge >= 0.3 is 5.97 Å². The fourth-order valence-electron chi connectivity index (χ4n) is 3.23. The summed E-state index contributed by atoms with van der Waals surface area (Å²) >= 11 is 0. The van der Waals surface area contributed by atoms with E-state index in [1.54, 1.807) is 19.1 Å². The van der Waals surface area contributed by atoms with Crippen LogP contribution in [0.25, 0.3) is 0 Å². The van der Waals surface area contributed by atoms with Crippen molar-refractivity contribution in [2.75, 3.05) is 0 Å². The first-order chi connectivity index (χ1) is 12.8. The zero-order valence-electron chi connectivity index (χ0n) is 16.6. The molecular formula is C21H30N2O4. The largest absolute Gasteiger partial charge is 0.451 e. The molecule has 1 saturated carbocycles. The number of aryl methyl sites for hydroxylation is 1. The van der Waals surface area contributed by atoms with Crippen LogP contribution in [0.2, 0.25) is 0 Å². The fraction of sp³-hybridized carbons (Fsp3) is 0.571. The van der Waals surface area contributed by atoms with Crippen LogP contribution in [0.15, 0.2) is 24.3 Å². The lowest BCUT2D eigenvalue weighted by molar-refractivity contribution is -0.157. The molecule has 1 aliphatic rings. The summed E-state index contributed by atoms with van der Waals surface area (Å²) in [5.41, 5.74) is 1.35. The van der Waals surface area contributed by atoms with Crippen LogP contribution in [0, 0.1) is 12.8 Å². The molecule has 1 aliphatic carbocycles. The predicted molar refractivity (Wildman–Crippen MR) is 103 cm³/mol. The predicted octanol–water partition coefficient (Wildman–Crippen LogP) is 2.74. The first kappa shape index (κ1) is 20.9. The molecule has 6 nitrogen and oxygen atoms in total. The Morgan fingerprint density at radius 3 is 2.30 bits per heavy atom. The number of rotatable bonds is 7. The molecule has 2 amide bonds. The molecule has 27 heavy (non-hydrogen) atoms. The fourth-order valence-corrected chi connectivity index (χ4v) is 3.23. The molecule has 0 spiro atoms. The second-order valence-electron chi connectivity index (χ2n) is 7.58. The molecule has 0 heterocycles. The van der Waals surface area contributed by atoms with Crippen LogP contribution in [0.4, 0.5) is 0 Å². The van der Waals surface area contributed by atoms with Crippen molar-refractivity contribution in [3.8, 4) is 0 Å². The Hall–Kier alpha value is -2.37. The van der Waals surface area contributed by atoms with Gasteiger partial charge in [-0.25, -0.2) is 4.79 Å². The molecule has 2 atom stereocenters. The van der Waals surface area contributed by atoms with E-state index in [4.69, 9.17) is 4.74 Å². The smallest absolute Gasteiger partial charge is 0.329 e. The number of esters is 1. The second-order valence-corrected chi connectivity index (χ2v) is 7.58. The lowest BCUT2D eigenvalue weighted by atomic mass is 10.0. The lowest BCUT2D eigenvalue weighted by Crippen LogP contribution is -2.48. The topological polar surface area (TPSA) is 84.5 Å². The van der Waals surface area contributed by atoms with E-state index in [0.29, 0.717) is 5.56 Å². The Labute approximate surface area is 161 Å². The third-order valence-corrected chi connectivity index (χ3v) is 4.96. The maximum absolute atomic E-state index is 12.6. The zero-order chi connectivity index (χ0) is 20.0. The molecule has 0 bridgehead atoms. The molecule has 0 unspecified atom stereocenters. The van der Waals surface area contributed by atoms with Crippen LogP contribution >= 0.6 is 0 Å². The number of carbonyl (C=O) groups is 3. The highest BCUT2D eigenvalue weighted by Crippen LogP contribution is 2.18. The van der Waals surface area contributed by atoms with Gasteiger partial charge in [0.25, 0.3) is 11.8 Å². The van der Waals surface area contributed by atoms with Gasteiger partial charge in [0.15, 0.2) is 6.10 Å². The maximum atomic E-state index is 12.6. The van der Waals surface area contributed by atoms with Crippen LogP contribution < -0.4 is 10.6 Å². The van der Waals surface area contributed by atoms with E-state index in [9.17, 15) is 14.4 Å². The summed E-state index contributed by atoms with van der Waals surface area (Å²) in [6.45, 7) is 7.05. The van der Waals surface area contributed by atoms with Gasteiger partial charge in [0.05, 0.1) is 0 Å². The third kappa shape index (κ3) is 5.81. The molecule has 2 rings (SSSR count). The van der Waals surface area contributed by atoms with Crippen molar-refractivity contribution in [3.63, 3.8) is 0 Å². The first-order valence-corrected chi connectivity index (χ1v) is 9.67. The van der Waals surface area contributed by atoms with Crippen molar-refractivity contribution in [3.05, 3.63) is 35.4 Å². The van der Waals surface area contributed by atoms with Gasteiger partial charge in [-0.2, -0.15) is 0 Å². The number of carbonyl (C=O) groups excluding carboxylic acids is 3. The van der Waals surface area contributed by atoms with Gasteiger partial charge in [-0.15, -0.1) is 0 Å². The molecule has 0 aromatic heterocycles. The molecule has 0 aliphatic heterocycles. The number of benzene rings is 1. The number of amides is 2. The highest BCUT2D eigenvalue weighted by atomic mass is 16.5. The van der Waals surface area contributed by atoms with E-state index in [1.165, 1.54) is 0 Å². The zero-order valence-corrected chi connectivity index (χ0v) is 16.6. The van der Waals surface area contributed by atoms with Crippen LogP contribution in [-0.4, -0.2) is 36.0 Å². The van der Waals surface area contributed by atoms with E-state index in [0.717, 1.165) is 31.2 Å². The SMILES string of the molecule is Cc1ccccc1C(=O)N[C@@H](C(=O)O[C@@H](C)C(=O)NC1CCCC1)C(C)C. The molecule has 1 fully saturated rings. The summed E-state index contributed by atoms with van der Waals surface area (Å²) in [6.07, 6.45) is 3.26. The lowest BCUT2D eigenvalue weighted by Gasteiger charge is -2.24. The highest BCUT2D eigenvalue weighted by molar-refractivity contribution is 5.98. The van der Waals surface area contributed by atoms with Crippen molar-refractivity contribution in [1.29, 1.82) is 0 Å². The quantitative estimate of drug-likeness (QED) is 0.719. The van der Waals surface area contributed by atoms with E-state index >= 15 is 0 Å². The molecular weight excluding hydrogens is 344 g/mol. The third-order valence-electron chi connectivity index (χ3n) is 4.96. The van der Waals surface area contributed by atoms with Gasteiger partial charge in [-0.1, -0.05) is 44.9 Å². The van der Waals surface area contributed by atoms with E-state index in [1.807, 2.05) is 32.9 Å². The normalized spacial score (nSPS) is 16.6. The Balaban J connectivity index is 1.96. The minimum absolute atomic E-state index is 0.167. The Morgan fingerprint density at radius 1 is 1.07 bits per heavy atom. The van der Waals surface area contributed by atoms with Crippen LogP contribution in [0.5, 0.6) is 0 Å². The van der Waals surface area contributed by atoms with Gasteiger partial charge in [0.1, 0.15) is 6.04 Å². The molecule has 2 N–H and O–H groups in total. The molecule has 0 saturated heterocycles. The molecule has 148 valence electrons. The molecule has 1 aromatic carbocycles. The molecule has 6 heteroatoms. The Morgan fingerprint density at radius 2 is 1.70 bits per heavy atom. The van der Waals surface area contributed by atoms with Crippen molar-refractivity contribution in [2.45, 2.75) is 71.6 Å². The molecule has 1 aromatic rings. The summed E-state index contributed by atoms with van der Waals surface area (Å²) in [4.78, 5) is 37.3. The number of hydrogen-bond acceptors (Lipinski definition) is 4. The molecule has 0 radical (unpaired) electrons. The highest BCUT2D eigenvalue weighted by Gasteiger charge is 2.30. The number of ether oxygens (including phenoxy) is 1. The Kier molecular flexibility index (Phi) is 7.39. The van der Waals surface area contributed by atoms with Crippen molar-refractivity contribution >= 4 is 17.8 Å². The summed E-state index contributed by atoms with van der Waals surface area (Å²) < 4.78 is 5.35. The van der Waals surface area contributed by atoms with Crippen LogP contribution in [-0.2, 0) is 14.3 Å². The number of nitrogens with one attached hydrogen (secondary N) is 2. The average molecular weight is 374 g/mol. The maximum Gasteiger partial charge on any atom is 0.329 e. The summed E-state index contributed by atoms with van der Waals surface area (Å²) in [7, 11) is 0. The minimum Gasteiger partial charge on any atom is -0.451 e. The van der Waals surface area contributed by atoms with Crippen molar-refractivity contribution in [1.82, 2.24) is 10.6 Å². The van der Waals surface area contributed by atoms with Crippen molar-refractivity contribution in [2.24, 2.45) is 5.92 Å². The Bertz CT molecular complexity index is 681. The first-order valence-electron chi connectivity index (χ1n) is 9.67. The van der Waals surface area contributed by atoms with Crippen LogP contribution in [0.3, 0.4) is 0 Å². The van der Waals surface area contributed by atoms with E-state index in [-0.39, 0.29) is 23.8 Å². The minimum atomic E-state index is -0.894. The number of hydrogen-bond donors (Lipinski definition) is 2. The monoisotopic (exact) mass is 374 g/mol. The average Bonchev–Trinajstić information content (AvgIpc) is 3.12. The summed E-state index contributed by atoms with van der Waals surface area (Å²) in [5, 5.41) is 5.67. The van der Waals surface area contributed by atoms with Crippen LogP contribution in [0.1, 0.15) is 62.4 Å². The van der Waals surface area contributed by atoms with E-state index < -0.39 is 18.1 Å². The van der Waals surface area contributed by atoms with Gasteiger partial charge in [-0.05, 0) is 44.2 Å². The second kappa shape index (κ2) is 9.53. The van der Waals surface area contributed by atoms with Gasteiger partial charge in [0.2, 0.25) is 0 Å².